The molecular weight excluding hydrogens is 285 g/mol. The van der Waals surface area contributed by atoms with Crippen molar-refractivity contribution < 1.29 is 4.39 Å². The van der Waals surface area contributed by atoms with Crippen LogP contribution in [0.15, 0.2) is 29.1 Å². The predicted molar refractivity (Wildman–Crippen MR) is 80.0 cm³/mol. The molecule has 0 spiro atoms. The highest BCUT2D eigenvalue weighted by Gasteiger charge is 2.27. The first-order valence-corrected chi connectivity index (χ1v) is 6.89. The highest BCUT2D eigenvalue weighted by molar-refractivity contribution is 5.60. The summed E-state index contributed by atoms with van der Waals surface area (Å²) in [5, 5.41) is 9.12. The average molecular weight is 299 g/mol. The number of hydrogen-bond donors (Lipinski definition) is 2. The number of halogens is 1. The second kappa shape index (κ2) is 5.48. The van der Waals surface area contributed by atoms with Gasteiger partial charge < -0.3 is 10.6 Å². The van der Waals surface area contributed by atoms with Crippen molar-refractivity contribution >= 4 is 11.6 Å². The Kier molecular flexibility index (Phi) is 3.51. The molecule has 22 heavy (non-hydrogen) atoms. The lowest BCUT2D eigenvalue weighted by Gasteiger charge is -2.20. The van der Waals surface area contributed by atoms with Crippen LogP contribution in [0.4, 0.5) is 16.0 Å². The van der Waals surface area contributed by atoms with E-state index in [-0.39, 0.29) is 23.0 Å². The zero-order valence-electron chi connectivity index (χ0n) is 11.7. The molecule has 7 heteroatoms. The van der Waals surface area contributed by atoms with Crippen LogP contribution in [0.1, 0.15) is 23.6 Å². The number of nitrogens with two attached hydrogens (primary N) is 1. The average Bonchev–Trinajstić information content (AvgIpc) is 2.95. The van der Waals surface area contributed by atoms with Gasteiger partial charge in [0.1, 0.15) is 17.4 Å². The smallest absolute Gasteiger partial charge is 0.252 e. The van der Waals surface area contributed by atoms with Gasteiger partial charge in [-0.2, -0.15) is 5.26 Å². The van der Waals surface area contributed by atoms with Gasteiger partial charge in [0, 0.05) is 25.1 Å². The minimum atomic E-state index is -0.526. The topological polar surface area (TPSA) is 98.8 Å². The van der Waals surface area contributed by atoms with E-state index in [4.69, 9.17) is 11.0 Å². The number of benzene rings is 1. The van der Waals surface area contributed by atoms with Crippen molar-refractivity contribution in [1.29, 1.82) is 5.26 Å². The van der Waals surface area contributed by atoms with Crippen LogP contribution in [-0.4, -0.2) is 23.1 Å². The van der Waals surface area contributed by atoms with E-state index in [1.165, 1.54) is 12.1 Å². The Bertz CT molecular complexity index is 810. The summed E-state index contributed by atoms with van der Waals surface area (Å²) in [6.07, 6.45) is 0.761. The van der Waals surface area contributed by atoms with Crippen LogP contribution in [0, 0.1) is 17.1 Å². The van der Waals surface area contributed by atoms with Crippen molar-refractivity contribution in [2.45, 2.75) is 12.3 Å². The standard InChI is InChI=1S/C15H14FN5O/c16-11-2-1-3-13(10(11)7-17)21-5-4-9(8-21)12-6-14(22)20-15(18)19-12/h1-3,6,9H,4-5,8H2,(H3,18,19,20,22). The van der Waals surface area contributed by atoms with Gasteiger partial charge in [-0.05, 0) is 18.6 Å². The second-order valence-corrected chi connectivity index (χ2v) is 5.23. The van der Waals surface area contributed by atoms with Gasteiger partial charge in [-0.25, -0.2) is 9.37 Å². The molecule has 6 nitrogen and oxygen atoms in total. The summed E-state index contributed by atoms with van der Waals surface area (Å²) in [5.74, 6) is -0.411. The summed E-state index contributed by atoms with van der Waals surface area (Å²) in [6.45, 7) is 1.23. The van der Waals surface area contributed by atoms with Crippen LogP contribution >= 0.6 is 0 Å². The summed E-state index contributed by atoms with van der Waals surface area (Å²) < 4.78 is 13.7. The Morgan fingerprint density at radius 1 is 1.50 bits per heavy atom. The Balaban J connectivity index is 1.88. The number of H-pyrrole nitrogens is 1. The van der Waals surface area contributed by atoms with Gasteiger partial charge in [0.2, 0.25) is 5.95 Å². The molecule has 1 aromatic heterocycles. The van der Waals surface area contributed by atoms with Gasteiger partial charge in [-0.1, -0.05) is 6.07 Å². The molecule has 1 atom stereocenters. The molecule has 0 bridgehead atoms. The second-order valence-electron chi connectivity index (χ2n) is 5.23. The maximum atomic E-state index is 13.7. The molecule has 0 radical (unpaired) electrons. The third-order valence-corrected chi connectivity index (χ3v) is 3.83. The highest BCUT2D eigenvalue weighted by atomic mass is 19.1. The Hall–Kier alpha value is -2.88. The van der Waals surface area contributed by atoms with E-state index in [0.29, 0.717) is 24.5 Å². The number of hydrogen-bond acceptors (Lipinski definition) is 5. The van der Waals surface area contributed by atoms with Crippen molar-refractivity contribution in [3.63, 3.8) is 0 Å². The normalized spacial score (nSPS) is 17.5. The van der Waals surface area contributed by atoms with Gasteiger partial charge in [0.05, 0.1) is 11.4 Å². The lowest BCUT2D eigenvalue weighted by molar-refractivity contribution is 0.623. The van der Waals surface area contributed by atoms with Crippen molar-refractivity contribution in [3.05, 3.63) is 51.7 Å². The maximum absolute atomic E-state index is 13.7. The zero-order valence-corrected chi connectivity index (χ0v) is 11.7. The van der Waals surface area contributed by atoms with Gasteiger partial charge in [0.25, 0.3) is 5.56 Å². The zero-order chi connectivity index (χ0) is 15.7. The van der Waals surface area contributed by atoms with Crippen LogP contribution in [0.25, 0.3) is 0 Å². The molecule has 1 aromatic carbocycles. The molecule has 3 rings (SSSR count). The molecule has 0 saturated carbocycles. The van der Waals surface area contributed by atoms with Crippen LogP contribution in [-0.2, 0) is 0 Å². The van der Waals surface area contributed by atoms with Gasteiger partial charge in [-0.15, -0.1) is 0 Å². The van der Waals surface area contributed by atoms with E-state index < -0.39 is 5.82 Å². The SMILES string of the molecule is N#Cc1c(F)cccc1N1CCC(c2cc(=O)[nH]c(N)n2)C1. The van der Waals surface area contributed by atoms with Crippen molar-refractivity contribution in [3.8, 4) is 6.07 Å². The third-order valence-electron chi connectivity index (χ3n) is 3.83. The van der Waals surface area contributed by atoms with Gasteiger partial charge in [-0.3, -0.25) is 9.78 Å². The molecule has 1 aliphatic rings. The fourth-order valence-electron chi connectivity index (χ4n) is 2.81. The molecule has 3 N–H and O–H groups in total. The van der Waals surface area contributed by atoms with Crippen molar-refractivity contribution in [1.82, 2.24) is 9.97 Å². The van der Waals surface area contributed by atoms with Crippen LogP contribution in [0.3, 0.4) is 0 Å². The Morgan fingerprint density at radius 3 is 3.05 bits per heavy atom. The first-order chi connectivity index (χ1) is 10.6. The van der Waals surface area contributed by atoms with Gasteiger partial charge >= 0.3 is 0 Å². The highest BCUT2D eigenvalue weighted by Crippen LogP contribution is 2.32. The number of aromatic amines is 1. The molecule has 0 amide bonds. The van der Waals surface area contributed by atoms with E-state index in [2.05, 4.69) is 9.97 Å². The van der Waals surface area contributed by atoms with Crippen molar-refractivity contribution in [2.24, 2.45) is 0 Å². The summed E-state index contributed by atoms with van der Waals surface area (Å²) in [4.78, 5) is 20.0. The van der Waals surface area contributed by atoms with Crippen LogP contribution in [0.5, 0.6) is 0 Å². The minimum Gasteiger partial charge on any atom is -0.370 e. The molecular formula is C15H14FN5O. The number of anilines is 2. The summed E-state index contributed by atoms with van der Waals surface area (Å²) in [5.41, 5.74) is 6.52. The fraction of sp³-hybridized carbons (Fsp3) is 0.267. The molecule has 1 fully saturated rings. The summed E-state index contributed by atoms with van der Waals surface area (Å²) >= 11 is 0. The molecule has 1 unspecified atom stereocenters. The number of nitrogens with one attached hydrogen (secondary N) is 1. The lowest BCUT2D eigenvalue weighted by Crippen LogP contribution is -2.21. The van der Waals surface area contributed by atoms with Crippen LogP contribution in [0.2, 0.25) is 0 Å². The Morgan fingerprint density at radius 2 is 2.32 bits per heavy atom. The van der Waals surface area contributed by atoms with E-state index in [1.54, 1.807) is 12.1 Å². The number of nitriles is 1. The van der Waals surface area contributed by atoms with E-state index in [0.717, 1.165) is 6.42 Å². The van der Waals surface area contributed by atoms with E-state index in [1.807, 2.05) is 11.0 Å². The number of aromatic nitrogens is 2. The largest absolute Gasteiger partial charge is 0.370 e. The Labute approximate surface area is 126 Å². The van der Waals surface area contributed by atoms with Gasteiger partial charge in [0.15, 0.2) is 0 Å². The molecule has 112 valence electrons. The molecule has 1 aliphatic heterocycles. The first kappa shape index (κ1) is 14.1. The quantitative estimate of drug-likeness (QED) is 0.872. The third kappa shape index (κ3) is 2.51. The monoisotopic (exact) mass is 299 g/mol. The maximum Gasteiger partial charge on any atom is 0.252 e. The molecule has 1 saturated heterocycles. The number of nitrogen functional groups attached to an aromatic ring is 1. The minimum absolute atomic E-state index is 0.0272. The number of rotatable bonds is 2. The van der Waals surface area contributed by atoms with E-state index >= 15 is 0 Å². The molecule has 2 heterocycles. The summed E-state index contributed by atoms with van der Waals surface area (Å²) in [6, 6.07) is 7.92. The first-order valence-electron chi connectivity index (χ1n) is 6.89. The fourth-order valence-corrected chi connectivity index (χ4v) is 2.81. The van der Waals surface area contributed by atoms with Crippen LogP contribution < -0.4 is 16.2 Å². The predicted octanol–water partition coefficient (Wildman–Crippen LogP) is 1.36. The summed E-state index contributed by atoms with van der Waals surface area (Å²) in [7, 11) is 0. The molecule has 2 aromatic rings. The van der Waals surface area contributed by atoms with E-state index in [9.17, 15) is 9.18 Å². The lowest BCUT2D eigenvalue weighted by atomic mass is 10.0. The number of nitrogens with zero attached hydrogens (tertiary/aromatic N) is 3. The van der Waals surface area contributed by atoms with Crippen molar-refractivity contribution in [2.75, 3.05) is 23.7 Å². The molecule has 0 aliphatic carbocycles.